The number of amides is 2. The Hall–Kier alpha value is -0.680. The van der Waals surface area contributed by atoms with Crippen LogP contribution in [0.15, 0.2) is 0 Å². The second-order valence-corrected chi connectivity index (χ2v) is 4.91. The molecule has 1 rings (SSSR count). The van der Waals surface area contributed by atoms with Crippen LogP contribution < -0.4 is 5.32 Å². The molecule has 1 aliphatic rings. The molecule has 1 heterocycles. The minimum atomic E-state index is -0.0316. The quantitative estimate of drug-likeness (QED) is 0.532. The van der Waals surface area contributed by atoms with Crippen LogP contribution >= 0.6 is 12.2 Å². The normalized spacial score (nSPS) is 15.8. The third kappa shape index (κ3) is 5.00. The topological polar surface area (TPSA) is 35.6 Å². The molecule has 0 saturated carbocycles. The zero-order chi connectivity index (χ0) is 12.7. The van der Waals surface area contributed by atoms with Crippen molar-refractivity contribution in [1.82, 2.24) is 15.1 Å². The van der Waals surface area contributed by atoms with Crippen LogP contribution in [-0.2, 0) is 0 Å². The fourth-order valence-corrected chi connectivity index (χ4v) is 2.29. The average Bonchev–Trinajstić information content (AvgIpc) is 2.62. The van der Waals surface area contributed by atoms with Crippen molar-refractivity contribution < 1.29 is 4.79 Å². The van der Waals surface area contributed by atoms with Crippen LogP contribution in [0.25, 0.3) is 0 Å². The lowest BCUT2D eigenvalue weighted by atomic mass is 10.2. The lowest BCUT2D eigenvalue weighted by Crippen LogP contribution is -2.30. The van der Waals surface area contributed by atoms with Gasteiger partial charge >= 0.3 is 6.03 Å². The minimum absolute atomic E-state index is 0.0316. The summed E-state index contributed by atoms with van der Waals surface area (Å²) < 4.78 is 0. The standard InChI is InChI=1S/C12H23N3OS/c1-3-7-14(4-2)8-5-6-9-15-10-11(17)13-12(15)16/h3-10H2,1-2H3,(H,13,16,17). The Balaban J connectivity index is 2.11. The third-order valence-electron chi connectivity index (χ3n) is 3.01. The van der Waals surface area contributed by atoms with Crippen molar-refractivity contribution in [3.05, 3.63) is 0 Å². The Morgan fingerprint density at radius 2 is 2.12 bits per heavy atom. The molecule has 17 heavy (non-hydrogen) atoms. The van der Waals surface area contributed by atoms with E-state index in [4.69, 9.17) is 12.2 Å². The van der Waals surface area contributed by atoms with Crippen LogP contribution in [0.4, 0.5) is 4.79 Å². The molecule has 0 spiro atoms. The van der Waals surface area contributed by atoms with E-state index in [0.29, 0.717) is 11.5 Å². The fourth-order valence-electron chi connectivity index (χ4n) is 2.05. The first kappa shape index (κ1) is 14.4. The second-order valence-electron chi connectivity index (χ2n) is 4.42. The molecule has 1 saturated heterocycles. The highest BCUT2D eigenvalue weighted by Crippen LogP contribution is 2.03. The van der Waals surface area contributed by atoms with Crippen molar-refractivity contribution in [3.63, 3.8) is 0 Å². The number of urea groups is 1. The van der Waals surface area contributed by atoms with Gasteiger partial charge in [0.2, 0.25) is 0 Å². The summed E-state index contributed by atoms with van der Waals surface area (Å²) in [5.74, 6) is 0. The Morgan fingerprint density at radius 3 is 2.65 bits per heavy atom. The van der Waals surface area contributed by atoms with Gasteiger partial charge in [-0.15, -0.1) is 0 Å². The molecule has 0 aromatic heterocycles. The number of nitrogens with zero attached hydrogens (tertiary/aromatic N) is 2. The maximum atomic E-state index is 11.4. The van der Waals surface area contributed by atoms with E-state index < -0.39 is 0 Å². The highest BCUT2D eigenvalue weighted by Gasteiger charge is 2.22. The smallest absolute Gasteiger partial charge is 0.318 e. The molecule has 0 atom stereocenters. The van der Waals surface area contributed by atoms with Gasteiger partial charge in [0.05, 0.1) is 6.54 Å². The molecule has 0 radical (unpaired) electrons. The third-order valence-corrected chi connectivity index (χ3v) is 3.24. The Labute approximate surface area is 109 Å². The predicted octanol–water partition coefficient (Wildman–Crippen LogP) is 1.85. The number of hydrogen-bond acceptors (Lipinski definition) is 3. The molecule has 0 aliphatic carbocycles. The van der Waals surface area contributed by atoms with E-state index in [0.717, 1.165) is 32.5 Å². The number of rotatable bonds is 8. The SMILES string of the molecule is CCCN(CC)CCCCN1CC(=S)NC1=O. The summed E-state index contributed by atoms with van der Waals surface area (Å²) in [7, 11) is 0. The molecule has 1 fully saturated rings. The predicted molar refractivity (Wildman–Crippen MR) is 74.3 cm³/mol. The molecule has 0 aromatic carbocycles. The molecule has 0 bridgehead atoms. The van der Waals surface area contributed by atoms with Crippen LogP contribution in [0, 0.1) is 0 Å². The Morgan fingerprint density at radius 1 is 1.35 bits per heavy atom. The van der Waals surface area contributed by atoms with Gasteiger partial charge in [0.1, 0.15) is 4.99 Å². The van der Waals surface area contributed by atoms with Crippen LogP contribution in [0.5, 0.6) is 0 Å². The van der Waals surface area contributed by atoms with Gasteiger partial charge in [-0.3, -0.25) is 0 Å². The molecular weight excluding hydrogens is 234 g/mol. The number of hydrogen-bond donors (Lipinski definition) is 1. The lowest BCUT2D eigenvalue weighted by Gasteiger charge is -2.20. The van der Waals surface area contributed by atoms with Gasteiger partial charge in [0.15, 0.2) is 0 Å². The van der Waals surface area contributed by atoms with Crippen molar-refractivity contribution in [3.8, 4) is 0 Å². The first-order valence-corrected chi connectivity index (χ1v) is 6.89. The molecule has 1 aliphatic heterocycles. The van der Waals surface area contributed by atoms with E-state index >= 15 is 0 Å². The summed E-state index contributed by atoms with van der Waals surface area (Å²) in [4.78, 5) is 16.3. The summed E-state index contributed by atoms with van der Waals surface area (Å²) in [6.45, 7) is 9.23. The van der Waals surface area contributed by atoms with E-state index in [-0.39, 0.29) is 6.03 Å². The molecule has 0 unspecified atom stereocenters. The van der Waals surface area contributed by atoms with E-state index in [1.54, 1.807) is 4.90 Å². The van der Waals surface area contributed by atoms with E-state index in [1.807, 2.05) is 0 Å². The largest absolute Gasteiger partial charge is 0.322 e. The summed E-state index contributed by atoms with van der Waals surface area (Å²) in [5.41, 5.74) is 0. The molecule has 1 N–H and O–H groups in total. The number of carbonyl (C=O) groups is 1. The zero-order valence-electron chi connectivity index (χ0n) is 10.9. The highest BCUT2D eigenvalue weighted by atomic mass is 32.1. The summed E-state index contributed by atoms with van der Waals surface area (Å²) in [5, 5.41) is 2.66. The first-order valence-electron chi connectivity index (χ1n) is 6.48. The van der Waals surface area contributed by atoms with Gasteiger partial charge in [0, 0.05) is 6.54 Å². The van der Waals surface area contributed by atoms with E-state index in [1.165, 1.54) is 13.0 Å². The van der Waals surface area contributed by atoms with Gasteiger partial charge in [0.25, 0.3) is 0 Å². The lowest BCUT2D eigenvalue weighted by molar-refractivity contribution is 0.214. The molecule has 98 valence electrons. The average molecular weight is 257 g/mol. The van der Waals surface area contributed by atoms with Gasteiger partial charge in [-0.25, -0.2) is 4.79 Å². The van der Waals surface area contributed by atoms with Crippen LogP contribution in [0.1, 0.15) is 33.1 Å². The number of carbonyl (C=O) groups excluding carboxylic acids is 1. The van der Waals surface area contributed by atoms with Gasteiger partial charge in [-0.05, 0) is 38.9 Å². The summed E-state index contributed by atoms with van der Waals surface area (Å²) in [6.07, 6.45) is 3.40. The van der Waals surface area contributed by atoms with Gasteiger partial charge < -0.3 is 15.1 Å². The fraction of sp³-hybridized carbons (Fsp3) is 0.833. The number of nitrogens with one attached hydrogen (secondary N) is 1. The zero-order valence-corrected chi connectivity index (χ0v) is 11.7. The maximum Gasteiger partial charge on any atom is 0.322 e. The van der Waals surface area contributed by atoms with Crippen molar-refractivity contribution in [2.75, 3.05) is 32.7 Å². The first-order chi connectivity index (χ1) is 8.17. The van der Waals surface area contributed by atoms with Crippen molar-refractivity contribution in [1.29, 1.82) is 0 Å². The van der Waals surface area contributed by atoms with Gasteiger partial charge in [-0.1, -0.05) is 26.1 Å². The second kappa shape index (κ2) is 7.61. The minimum Gasteiger partial charge on any atom is -0.318 e. The van der Waals surface area contributed by atoms with Crippen molar-refractivity contribution in [2.45, 2.75) is 33.1 Å². The Kier molecular flexibility index (Phi) is 6.44. The molecule has 5 heteroatoms. The highest BCUT2D eigenvalue weighted by molar-refractivity contribution is 7.80. The summed E-state index contributed by atoms with van der Waals surface area (Å²) in [6, 6.07) is -0.0316. The van der Waals surface area contributed by atoms with E-state index in [2.05, 4.69) is 24.1 Å². The van der Waals surface area contributed by atoms with Gasteiger partial charge in [-0.2, -0.15) is 0 Å². The van der Waals surface area contributed by atoms with Crippen LogP contribution in [0.2, 0.25) is 0 Å². The molecule has 4 nitrogen and oxygen atoms in total. The van der Waals surface area contributed by atoms with Crippen LogP contribution in [-0.4, -0.2) is 53.5 Å². The molecular formula is C12H23N3OS. The van der Waals surface area contributed by atoms with Crippen LogP contribution in [0.3, 0.4) is 0 Å². The Bertz CT molecular complexity index is 270. The van der Waals surface area contributed by atoms with Crippen molar-refractivity contribution in [2.24, 2.45) is 0 Å². The van der Waals surface area contributed by atoms with E-state index in [9.17, 15) is 4.79 Å². The molecule has 2 amide bonds. The molecule has 0 aromatic rings. The maximum absolute atomic E-state index is 11.4. The summed E-state index contributed by atoms with van der Waals surface area (Å²) >= 11 is 4.96. The number of unbranched alkanes of at least 4 members (excludes halogenated alkanes) is 1. The number of thiocarbonyl (C=S) groups is 1. The monoisotopic (exact) mass is 257 g/mol. The van der Waals surface area contributed by atoms with Crippen molar-refractivity contribution >= 4 is 23.2 Å².